The summed E-state index contributed by atoms with van der Waals surface area (Å²) in [5, 5.41) is 2.76. The Hall–Kier alpha value is -2.83. The van der Waals surface area contributed by atoms with E-state index in [1.54, 1.807) is 6.08 Å². The molecule has 0 saturated carbocycles. The smallest absolute Gasteiger partial charge is 0.244 e. The maximum Gasteiger partial charge on any atom is 0.244 e. The first kappa shape index (κ1) is 17.5. The van der Waals surface area contributed by atoms with Gasteiger partial charge in [0.15, 0.2) is 0 Å². The Morgan fingerprint density at radius 3 is 2.42 bits per heavy atom. The van der Waals surface area contributed by atoms with Crippen LogP contribution in [0.3, 0.4) is 0 Å². The van der Waals surface area contributed by atoms with Crippen LogP contribution < -0.4 is 5.32 Å². The summed E-state index contributed by atoms with van der Waals surface area (Å²) in [7, 11) is 2.03. The van der Waals surface area contributed by atoms with Crippen molar-refractivity contribution in [1.82, 2.24) is 10.2 Å². The van der Waals surface area contributed by atoms with E-state index in [4.69, 9.17) is 0 Å². The number of carbonyl (C=O) groups is 1. The summed E-state index contributed by atoms with van der Waals surface area (Å²) < 4.78 is 0. The van der Waals surface area contributed by atoms with E-state index in [-0.39, 0.29) is 5.91 Å². The van der Waals surface area contributed by atoms with Crippen molar-refractivity contribution in [3.8, 4) is 11.8 Å². The van der Waals surface area contributed by atoms with Crippen LogP contribution in [-0.2, 0) is 11.3 Å². The van der Waals surface area contributed by atoms with Crippen molar-refractivity contribution in [1.29, 1.82) is 0 Å². The quantitative estimate of drug-likeness (QED) is 0.656. The molecule has 2 aromatic carbocycles. The molecule has 0 heterocycles. The molecule has 0 unspecified atom stereocenters. The predicted octanol–water partition coefficient (Wildman–Crippen LogP) is 2.95. The van der Waals surface area contributed by atoms with E-state index in [1.807, 2.05) is 55.6 Å². The van der Waals surface area contributed by atoms with Gasteiger partial charge in [0.25, 0.3) is 0 Å². The molecule has 2 rings (SSSR count). The number of amides is 1. The van der Waals surface area contributed by atoms with Gasteiger partial charge >= 0.3 is 0 Å². The van der Waals surface area contributed by atoms with E-state index in [0.717, 1.165) is 12.1 Å². The van der Waals surface area contributed by atoms with Crippen molar-refractivity contribution in [3.05, 3.63) is 77.9 Å². The fourth-order valence-electron chi connectivity index (χ4n) is 2.13. The van der Waals surface area contributed by atoms with E-state index < -0.39 is 0 Å². The molecule has 0 aromatic heterocycles. The Kier molecular flexibility index (Phi) is 7.33. The lowest BCUT2D eigenvalue weighted by atomic mass is 10.2. The van der Waals surface area contributed by atoms with Gasteiger partial charge in [-0.05, 0) is 24.3 Å². The van der Waals surface area contributed by atoms with Crippen molar-refractivity contribution >= 4 is 12.0 Å². The van der Waals surface area contributed by atoms with Crippen molar-refractivity contribution in [2.24, 2.45) is 0 Å². The number of benzene rings is 2. The third kappa shape index (κ3) is 6.95. The number of nitrogens with one attached hydrogen (secondary N) is 1. The Balaban J connectivity index is 1.66. The van der Waals surface area contributed by atoms with Crippen LogP contribution in [0.1, 0.15) is 11.1 Å². The number of hydrogen-bond acceptors (Lipinski definition) is 2. The first-order chi connectivity index (χ1) is 11.7. The summed E-state index contributed by atoms with van der Waals surface area (Å²) in [5.41, 5.74) is 2.27. The summed E-state index contributed by atoms with van der Waals surface area (Å²) in [6.07, 6.45) is 3.31. The largest absolute Gasteiger partial charge is 0.342 e. The van der Waals surface area contributed by atoms with Gasteiger partial charge < -0.3 is 5.32 Å². The fraction of sp³-hybridized carbons (Fsp3) is 0.190. The summed E-state index contributed by atoms with van der Waals surface area (Å²) in [6.45, 7) is 1.89. The van der Waals surface area contributed by atoms with Gasteiger partial charge in [0.05, 0.1) is 13.1 Å². The fourth-order valence-corrected chi connectivity index (χ4v) is 2.13. The van der Waals surface area contributed by atoms with Crippen LogP contribution in [0, 0.1) is 11.8 Å². The highest BCUT2D eigenvalue weighted by molar-refractivity contribution is 5.91. The zero-order valence-corrected chi connectivity index (χ0v) is 13.9. The molecule has 0 spiro atoms. The molecular weight excluding hydrogens is 296 g/mol. The zero-order valence-electron chi connectivity index (χ0n) is 13.9. The molecule has 3 nitrogen and oxygen atoms in total. The molecule has 2 aromatic rings. The minimum Gasteiger partial charge on any atom is -0.342 e. The Morgan fingerprint density at radius 1 is 1.04 bits per heavy atom. The molecule has 3 heteroatoms. The molecule has 1 amide bonds. The average molecular weight is 318 g/mol. The van der Waals surface area contributed by atoms with Crippen molar-refractivity contribution < 1.29 is 4.79 Å². The van der Waals surface area contributed by atoms with Crippen molar-refractivity contribution in [2.75, 3.05) is 20.1 Å². The molecular formula is C21H22N2O. The van der Waals surface area contributed by atoms with Crippen LogP contribution in [0.5, 0.6) is 0 Å². The van der Waals surface area contributed by atoms with Gasteiger partial charge in [-0.25, -0.2) is 0 Å². The molecule has 24 heavy (non-hydrogen) atoms. The van der Waals surface area contributed by atoms with Crippen molar-refractivity contribution in [2.45, 2.75) is 6.54 Å². The lowest BCUT2D eigenvalue weighted by Crippen LogP contribution is -2.21. The molecule has 0 radical (unpaired) electrons. The number of nitrogens with zero attached hydrogens (tertiary/aromatic N) is 1. The van der Waals surface area contributed by atoms with Gasteiger partial charge in [-0.15, -0.1) is 0 Å². The lowest BCUT2D eigenvalue weighted by Gasteiger charge is -2.12. The molecule has 1 N–H and O–H groups in total. The number of rotatable bonds is 6. The highest BCUT2D eigenvalue weighted by atomic mass is 16.1. The van der Waals surface area contributed by atoms with Gasteiger partial charge in [-0.1, -0.05) is 72.5 Å². The third-order valence-corrected chi connectivity index (χ3v) is 3.35. The van der Waals surface area contributed by atoms with Crippen LogP contribution in [-0.4, -0.2) is 30.9 Å². The monoisotopic (exact) mass is 318 g/mol. The Labute approximate surface area is 144 Å². The topological polar surface area (TPSA) is 32.3 Å². The molecule has 0 aliphatic rings. The van der Waals surface area contributed by atoms with Crippen LogP contribution in [0.25, 0.3) is 6.08 Å². The van der Waals surface area contributed by atoms with Crippen LogP contribution in [0.4, 0.5) is 0 Å². The SMILES string of the molecule is CN(CC#CCNC(=O)C=Cc1ccccc1)Cc1ccccc1. The summed E-state index contributed by atoms with van der Waals surface area (Å²) in [5.74, 6) is 5.91. The van der Waals surface area contributed by atoms with E-state index in [9.17, 15) is 4.79 Å². The van der Waals surface area contributed by atoms with E-state index in [2.05, 4.69) is 34.2 Å². The maximum absolute atomic E-state index is 11.7. The minimum absolute atomic E-state index is 0.134. The number of hydrogen-bond donors (Lipinski definition) is 1. The Bertz CT molecular complexity index is 712. The molecule has 0 saturated heterocycles. The van der Waals surface area contributed by atoms with Crippen LogP contribution >= 0.6 is 0 Å². The third-order valence-electron chi connectivity index (χ3n) is 3.35. The summed E-state index contributed by atoms with van der Waals surface area (Å²) in [4.78, 5) is 13.8. The van der Waals surface area contributed by atoms with Gasteiger partial charge in [0.2, 0.25) is 5.91 Å². The molecule has 122 valence electrons. The minimum atomic E-state index is -0.134. The van der Waals surface area contributed by atoms with E-state index in [0.29, 0.717) is 13.1 Å². The second-order valence-electron chi connectivity index (χ2n) is 5.47. The molecule has 0 fully saturated rings. The molecule has 0 atom stereocenters. The average Bonchev–Trinajstić information content (AvgIpc) is 2.61. The molecule has 0 aliphatic heterocycles. The standard InChI is InChI=1S/C21H22N2O/c1-23(18-20-12-6-3-7-13-20)17-9-8-16-22-21(24)15-14-19-10-4-2-5-11-19/h2-7,10-15H,16-18H2,1H3,(H,22,24). The van der Waals surface area contributed by atoms with E-state index >= 15 is 0 Å². The van der Waals surface area contributed by atoms with Gasteiger partial charge in [0, 0.05) is 12.6 Å². The Morgan fingerprint density at radius 2 is 1.71 bits per heavy atom. The summed E-state index contributed by atoms with van der Waals surface area (Å²) in [6, 6.07) is 20.0. The second kappa shape index (κ2) is 10.0. The maximum atomic E-state index is 11.7. The highest BCUT2D eigenvalue weighted by Crippen LogP contribution is 2.01. The zero-order chi connectivity index (χ0) is 17.0. The van der Waals surface area contributed by atoms with Crippen LogP contribution in [0.2, 0.25) is 0 Å². The van der Waals surface area contributed by atoms with Crippen LogP contribution in [0.15, 0.2) is 66.7 Å². The van der Waals surface area contributed by atoms with E-state index in [1.165, 1.54) is 11.6 Å². The van der Waals surface area contributed by atoms with Crippen molar-refractivity contribution in [3.63, 3.8) is 0 Å². The first-order valence-corrected chi connectivity index (χ1v) is 7.93. The highest BCUT2D eigenvalue weighted by Gasteiger charge is 1.97. The second-order valence-corrected chi connectivity index (χ2v) is 5.47. The first-order valence-electron chi connectivity index (χ1n) is 7.93. The molecule has 0 aliphatic carbocycles. The normalized spacial score (nSPS) is 10.4. The van der Waals surface area contributed by atoms with Gasteiger partial charge in [-0.2, -0.15) is 0 Å². The van der Waals surface area contributed by atoms with Gasteiger partial charge in [0.1, 0.15) is 0 Å². The molecule has 0 bridgehead atoms. The predicted molar refractivity (Wildman–Crippen MR) is 99.0 cm³/mol. The lowest BCUT2D eigenvalue weighted by molar-refractivity contribution is -0.116. The van der Waals surface area contributed by atoms with Gasteiger partial charge in [-0.3, -0.25) is 9.69 Å². The number of carbonyl (C=O) groups excluding carboxylic acids is 1. The summed E-state index contributed by atoms with van der Waals surface area (Å²) >= 11 is 0.